The molecule has 1 atom stereocenters. The highest BCUT2D eigenvalue weighted by atomic mass is 16.5. The predicted octanol–water partition coefficient (Wildman–Crippen LogP) is 1.41. The first-order chi connectivity index (χ1) is 6.18. The molecular formula is C10H25NO2. The van der Waals surface area contributed by atoms with E-state index in [1.54, 1.807) is 7.11 Å². The Labute approximate surface area is 82.5 Å². The van der Waals surface area contributed by atoms with Crippen LogP contribution < -0.4 is 5.32 Å². The fourth-order valence-electron chi connectivity index (χ4n) is 0.704. The Balaban J connectivity index is 0. The van der Waals surface area contributed by atoms with Crippen LogP contribution in [0.15, 0.2) is 0 Å². The van der Waals surface area contributed by atoms with Gasteiger partial charge in [-0.15, -0.1) is 0 Å². The average Bonchev–Trinajstić information content (AvgIpc) is 2.12. The quantitative estimate of drug-likeness (QED) is 0.624. The molecule has 0 aliphatic rings. The molecule has 0 amide bonds. The van der Waals surface area contributed by atoms with Gasteiger partial charge in [-0.05, 0) is 20.4 Å². The molecule has 0 fully saturated rings. The number of methoxy groups -OCH3 is 1. The molecule has 13 heavy (non-hydrogen) atoms. The Morgan fingerprint density at radius 2 is 2.08 bits per heavy atom. The number of hydrogen-bond acceptors (Lipinski definition) is 3. The van der Waals surface area contributed by atoms with E-state index in [4.69, 9.17) is 9.84 Å². The molecule has 0 bridgehead atoms. The van der Waals surface area contributed by atoms with E-state index >= 15 is 0 Å². The van der Waals surface area contributed by atoms with Crippen molar-refractivity contribution >= 4 is 0 Å². The minimum absolute atomic E-state index is 0.0973. The van der Waals surface area contributed by atoms with E-state index in [1.807, 2.05) is 14.0 Å². The van der Waals surface area contributed by atoms with Crippen molar-refractivity contribution < 1.29 is 9.84 Å². The van der Waals surface area contributed by atoms with Crippen LogP contribution in [0.25, 0.3) is 0 Å². The van der Waals surface area contributed by atoms with Crippen LogP contribution in [0.4, 0.5) is 0 Å². The van der Waals surface area contributed by atoms with Crippen molar-refractivity contribution in [3.63, 3.8) is 0 Å². The maximum atomic E-state index is 8.68. The molecule has 0 aliphatic heterocycles. The third kappa shape index (κ3) is 24.5. The summed E-state index contributed by atoms with van der Waals surface area (Å²) in [6.07, 6.45) is 3.19. The van der Waals surface area contributed by atoms with Crippen LogP contribution in [-0.4, -0.2) is 38.5 Å². The molecule has 0 heterocycles. The van der Waals surface area contributed by atoms with Crippen LogP contribution >= 0.6 is 0 Å². The normalized spacial score (nSPS) is 11.8. The van der Waals surface area contributed by atoms with Gasteiger partial charge < -0.3 is 15.2 Å². The summed E-state index contributed by atoms with van der Waals surface area (Å²) in [6, 6.07) is 0. The first kappa shape index (κ1) is 15.4. The SMILES string of the molecule is CCCC[C@@H](C)O.CNCCOC. The maximum Gasteiger partial charge on any atom is 0.0587 e. The lowest BCUT2D eigenvalue weighted by atomic mass is 10.2. The molecule has 0 saturated carbocycles. The Morgan fingerprint density at radius 1 is 1.46 bits per heavy atom. The van der Waals surface area contributed by atoms with Crippen molar-refractivity contribution in [2.45, 2.75) is 39.2 Å². The first-order valence-electron chi connectivity index (χ1n) is 5.00. The number of ether oxygens (including phenoxy) is 1. The lowest BCUT2D eigenvalue weighted by molar-refractivity contribution is 0.181. The van der Waals surface area contributed by atoms with Gasteiger partial charge in [0.2, 0.25) is 0 Å². The summed E-state index contributed by atoms with van der Waals surface area (Å²) < 4.78 is 4.72. The predicted molar refractivity (Wildman–Crippen MR) is 57.0 cm³/mol. The molecule has 82 valence electrons. The fourth-order valence-corrected chi connectivity index (χ4v) is 0.704. The molecule has 0 aromatic rings. The van der Waals surface area contributed by atoms with Gasteiger partial charge in [-0.25, -0.2) is 0 Å². The van der Waals surface area contributed by atoms with Crippen LogP contribution in [0.5, 0.6) is 0 Å². The van der Waals surface area contributed by atoms with E-state index in [2.05, 4.69) is 12.2 Å². The topological polar surface area (TPSA) is 41.5 Å². The summed E-state index contributed by atoms with van der Waals surface area (Å²) in [5, 5.41) is 11.6. The molecule has 0 unspecified atom stereocenters. The molecular weight excluding hydrogens is 166 g/mol. The van der Waals surface area contributed by atoms with Gasteiger partial charge in [0.25, 0.3) is 0 Å². The van der Waals surface area contributed by atoms with Gasteiger partial charge in [-0.2, -0.15) is 0 Å². The van der Waals surface area contributed by atoms with E-state index < -0.39 is 0 Å². The Hall–Kier alpha value is -0.120. The smallest absolute Gasteiger partial charge is 0.0587 e. The number of aliphatic hydroxyl groups excluding tert-OH is 1. The highest BCUT2D eigenvalue weighted by Gasteiger charge is 1.90. The zero-order valence-electron chi connectivity index (χ0n) is 9.47. The zero-order valence-corrected chi connectivity index (χ0v) is 9.47. The summed E-state index contributed by atoms with van der Waals surface area (Å²) >= 11 is 0. The lowest BCUT2D eigenvalue weighted by Gasteiger charge is -1.98. The maximum absolute atomic E-state index is 8.68. The molecule has 0 spiro atoms. The average molecular weight is 191 g/mol. The third-order valence-corrected chi connectivity index (χ3v) is 1.53. The second-order valence-electron chi connectivity index (χ2n) is 3.09. The van der Waals surface area contributed by atoms with Crippen molar-refractivity contribution in [1.82, 2.24) is 5.32 Å². The van der Waals surface area contributed by atoms with Crippen LogP contribution in [0.1, 0.15) is 33.1 Å². The summed E-state index contributed by atoms with van der Waals surface area (Å²) in [4.78, 5) is 0. The van der Waals surface area contributed by atoms with Gasteiger partial charge in [0, 0.05) is 13.7 Å². The number of likely N-dealkylation sites (N-methyl/N-ethyl adjacent to an activating group) is 1. The molecule has 0 aliphatic carbocycles. The molecule has 3 heteroatoms. The minimum Gasteiger partial charge on any atom is -0.393 e. The number of aliphatic hydroxyl groups is 1. The van der Waals surface area contributed by atoms with E-state index in [-0.39, 0.29) is 6.10 Å². The summed E-state index contributed by atoms with van der Waals surface area (Å²) in [7, 11) is 3.59. The van der Waals surface area contributed by atoms with E-state index in [1.165, 1.54) is 6.42 Å². The van der Waals surface area contributed by atoms with E-state index in [0.29, 0.717) is 0 Å². The fraction of sp³-hybridized carbons (Fsp3) is 1.00. The standard InChI is InChI=1S/C6H14O.C4H11NO/c1-3-4-5-6(2)7;1-5-3-4-6-2/h6-7H,3-5H2,1-2H3;5H,3-4H2,1-2H3/t6-;/m1./s1. The van der Waals surface area contributed by atoms with Gasteiger partial charge in [-0.1, -0.05) is 19.8 Å². The Morgan fingerprint density at radius 3 is 2.23 bits per heavy atom. The van der Waals surface area contributed by atoms with Crippen molar-refractivity contribution in [1.29, 1.82) is 0 Å². The van der Waals surface area contributed by atoms with Gasteiger partial charge in [-0.3, -0.25) is 0 Å². The minimum atomic E-state index is -0.0973. The van der Waals surface area contributed by atoms with Gasteiger partial charge in [0.15, 0.2) is 0 Å². The van der Waals surface area contributed by atoms with Crippen LogP contribution in [0.2, 0.25) is 0 Å². The zero-order chi connectivity index (χ0) is 10.5. The lowest BCUT2D eigenvalue weighted by Crippen LogP contribution is -2.12. The largest absolute Gasteiger partial charge is 0.393 e. The number of rotatable bonds is 6. The molecule has 0 radical (unpaired) electrons. The monoisotopic (exact) mass is 191 g/mol. The number of unbranched alkanes of at least 4 members (excludes halogenated alkanes) is 1. The van der Waals surface area contributed by atoms with Gasteiger partial charge >= 0.3 is 0 Å². The van der Waals surface area contributed by atoms with Gasteiger partial charge in [0.1, 0.15) is 0 Å². The molecule has 0 rings (SSSR count). The number of nitrogens with one attached hydrogen (secondary N) is 1. The van der Waals surface area contributed by atoms with E-state index in [0.717, 1.165) is 26.0 Å². The highest BCUT2D eigenvalue weighted by Crippen LogP contribution is 1.97. The van der Waals surface area contributed by atoms with E-state index in [9.17, 15) is 0 Å². The van der Waals surface area contributed by atoms with Crippen molar-refractivity contribution in [2.75, 3.05) is 27.3 Å². The second kappa shape index (κ2) is 14.4. The summed E-state index contributed by atoms with van der Waals surface area (Å²) in [5.74, 6) is 0. The van der Waals surface area contributed by atoms with Crippen molar-refractivity contribution in [2.24, 2.45) is 0 Å². The first-order valence-corrected chi connectivity index (χ1v) is 5.00. The number of hydrogen-bond donors (Lipinski definition) is 2. The summed E-state index contributed by atoms with van der Waals surface area (Å²) in [6.45, 7) is 5.70. The molecule has 0 aromatic carbocycles. The Kier molecular flexibility index (Phi) is 17.0. The molecule has 0 saturated heterocycles. The van der Waals surface area contributed by atoms with Crippen LogP contribution in [-0.2, 0) is 4.74 Å². The van der Waals surface area contributed by atoms with Crippen molar-refractivity contribution in [3.8, 4) is 0 Å². The summed E-state index contributed by atoms with van der Waals surface area (Å²) in [5.41, 5.74) is 0. The Bertz CT molecular complexity index is 73.3. The molecule has 3 nitrogen and oxygen atoms in total. The molecule has 2 N–H and O–H groups in total. The van der Waals surface area contributed by atoms with Gasteiger partial charge in [0.05, 0.1) is 12.7 Å². The van der Waals surface area contributed by atoms with Crippen LogP contribution in [0.3, 0.4) is 0 Å². The second-order valence-corrected chi connectivity index (χ2v) is 3.09. The third-order valence-electron chi connectivity index (χ3n) is 1.53. The molecule has 0 aromatic heterocycles. The highest BCUT2D eigenvalue weighted by molar-refractivity contribution is 4.43. The van der Waals surface area contributed by atoms with Crippen molar-refractivity contribution in [3.05, 3.63) is 0 Å². The van der Waals surface area contributed by atoms with Crippen LogP contribution in [0, 0.1) is 0 Å².